The third-order valence-corrected chi connectivity index (χ3v) is 3.87. The fraction of sp³-hybridized carbons (Fsp3) is 0.438. The van der Waals surface area contributed by atoms with E-state index in [2.05, 4.69) is 0 Å². The number of carbonyl (C=O) groups is 1. The van der Waals surface area contributed by atoms with Crippen molar-refractivity contribution in [3.05, 3.63) is 47.0 Å². The van der Waals surface area contributed by atoms with Gasteiger partial charge < -0.3 is 10.6 Å². The fourth-order valence-electron chi connectivity index (χ4n) is 2.55. The quantitative estimate of drug-likeness (QED) is 0.882. The Kier molecular flexibility index (Phi) is 4.38. The standard InChI is InChI=1S/C16H22N2O/c1-3-18(4-2)16(19)14-11-10-13(14)15(17)12-8-6-5-7-9-12/h5-9,15H,3-4,10-11,17H2,1-2H3. The highest BCUT2D eigenvalue weighted by molar-refractivity contribution is 5.96. The van der Waals surface area contributed by atoms with Crippen LogP contribution in [0.15, 0.2) is 41.5 Å². The maximum absolute atomic E-state index is 12.3. The van der Waals surface area contributed by atoms with E-state index < -0.39 is 0 Å². The third kappa shape index (κ3) is 2.71. The minimum Gasteiger partial charge on any atom is -0.339 e. The lowest BCUT2D eigenvalue weighted by Gasteiger charge is -2.31. The van der Waals surface area contributed by atoms with Gasteiger partial charge in [0.2, 0.25) is 5.91 Å². The molecule has 0 spiro atoms. The highest BCUT2D eigenvalue weighted by Gasteiger charge is 2.29. The van der Waals surface area contributed by atoms with E-state index in [9.17, 15) is 4.79 Å². The predicted octanol–water partition coefficient (Wildman–Crippen LogP) is 2.65. The van der Waals surface area contributed by atoms with Crippen LogP contribution in [0.1, 0.15) is 38.3 Å². The molecule has 1 amide bonds. The summed E-state index contributed by atoms with van der Waals surface area (Å²) in [5.41, 5.74) is 9.41. The van der Waals surface area contributed by atoms with Crippen LogP contribution in [0.25, 0.3) is 0 Å². The minimum atomic E-state index is -0.135. The van der Waals surface area contributed by atoms with Crippen LogP contribution in [0.4, 0.5) is 0 Å². The van der Waals surface area contributed by atoms with Crippen molar-refractivity contribution in [2.45, 2.75) is 32.7 Å². The summed E-state index contributed by atoms with van der Waals surface area (Å²) in [6.45, 7) is 5.54. The molecule has 0 aromatic heterocycles. The van der Waals surface area contributed by atoms with E-state index in [4.69, 9.17) is 5.73 Å². The van der Waals surface area contributed by atoms with Gasteiger partial charge in [-0.2, -0.15) is 0 Å². The van der Waals surface area contributed by atoms with E-state index in [0.717, 1.165) is 42.6 Å². The fourth-order valence-corrected chi connectivity index (χ4v) is 2.55. The number of carbonyl (C=O) groups excluding carboxylic acids is 1. The Morgan fingerprint density at radius 3 is 2.32 bits per heavy atom. The van der Waals surface area contributed by atoms with Crippen LogP contribution in [0.5, 0.6) is 0 Å². The van der Waals surface area contributed by atoms with Crippen molar-refractivity contribution in [3.63, 3.8) is 0 Å². The van der Waals surface area contributed by atoms with E-state index in [-0.39, 0.29) is 11.9 Å². The van der Waals surface area contributed by atoms with Gasteiger partial charge in [-0.15, -0.1) is 0 Å². The molecular weight excluding hydrogens is 236 g/mol. The van der Waals surface area contributed by atoms with Gasteiger partial charge in [0, 0.05) is 18.7 Å². The summed E-state index contributed by atoms with van der Waals surface area (Å²) in [6.07, 6.45) is 1.81. The number of nitrogens with two attached hydrogens (primary N) is 1. The second kappa shape index (κ2) is 6.02. The first-order valence-electron chi connectivity index (χ1n) is 7.00. The van der Waals surface area contributed by atoms with E-state index in [1.807, 2.05) is 49.1 Å². The highest BCUT2D eigenvalue weighted by Crippen LogP contribution is 2.37. The molecule has 2 rings (SSSR count). The van der Waals surface area contributed by atoms with Gasteiger partial charge in [-0.3, -0.25) is 4.79 Å². The molecule has 1 aromatic carbocycles. The van der Waals surface area contributed by atoms with Crippen LogP contribution in [-0.2, 0) is 4.79 Å². The van der Waals surface area contributed by atoms with Crippen molar-refractivity contribution in [2.24, 2.45) is 5.73 Å². The number of benzene rings is 1. The van der Waals surface area contributed by atoms with Crippen LogP contribution < -0.4 is 5.73 Å². The van der Waals surface area contributed by atoms with Crippen molar-refractivity contribution in [2.75, 3.05) is 13.1 Å². The van der Waals surface area contributed by atoms with Gasteiger partial charge in [0.15, 0.2) is 0 Å². The van der Waals surface area contributed by atoms with Crippen molar-refractivity contribution < 1.29 is 4.79 Å². The number of likely N-dealkylation sites (N-methyl/N-ethyl adjacent to an activating group) is 1. The lowest BCUT2D eigenvalue weighted by Crippen LogP contribution is -2.35. The normalized spacial score (nSPS) is 15.9. The van der Waals surface area contributed by atoms with Crippen LogP contribution in [0.2, 0.25) is 0 Å². The maximum atomic E-state index is 12.3. The smallest absolute Gasteiger partial charge is 0.249 e. The van der Waals surface area contributed by atoms with Gasteiger partial charge in [0.1, 0.15) is 0 Å². The molecule has 3 nitrogen and oxygen atoms in total. The van der Waals surface area contributed by atoms with Crippen molar-refractivity contribution >= 4 is 5.91 Å². The number of amides is 1. The molecule has 1 atom stereocenters. The molecule has 1 aliphatic rings. The largest absolute Gasteiger partial charge is 0.339 e. The summed E-state index contributed by atoms with van der Waals surface area (Å²) >= 11 is 0. The third-order valence-electron chi connectivity index (χ3n) is 3.87. The summed E-state index contributed by atoms with van der Waals surface area (Å²) in [7, 11) is 0. The number of nitrogens with zero attached hydrogens (tertiary/aromatic N) is 1. The van der Waals surface area contributed by atoms with E-state index in [0.29, 0.717) is 0 Å². The van der Waals surface area contributed by atoms with Crippen LogP contribution in [-0.4, -0.2) is 23.9 Å². The van der Waals surface area contributed by atoms with E-state index in [1.54, 1.807) is 0 Å². The van der Waals surface area contributed by atoms with Crippen LogP contribution in [0.3, 0.4) is 0 Å². The molecule has 102 valence electrons. The average Bonchev–Trinajstić information content (AvgIpc) is 2.40. The van der Waals surface area contributed by atoms with Crippen LogP contribution in [0, 0.1) is 0 Å². The average molecular weight is 258 g/mol. The Bertz CT molecular complexity index is 475. The minimum absolute atomic E-state index is 0.135. The first kappa shape index (κ1) is 13.8. The molecule has 0 bridgehead atoms. The lowest BCUT2D eigenvalue weighted by molar-refractivity contribution is -0.127. The Hall–Kier alpha value is -1.61. The van der Waals surface area contributed by atoms with E-state index in [1.165, 1.54) is 0 Å². The molecule has 0 aliphatic heterocycles. The van der Waals surface area contributed by atoms with Gasteiger partial charge >= 0.3 is 0 Å². The molecular formula is C16H22N2O. The molecule has 1 aromatic rings. The van der Waals surface area contributed by atoms with Crippen LogP contribution >= 0.6 is 0 Å². The molecule has 3 heteroatoms. The summed E-state index contributed by atoms with van der Waals surface area (Å²) in [5, 5.41) is 0. The second-order valence-corrected chi connectivity index (χ2v) is 4.87. The number of rotatable bonds is 5. The number of hydrogen-bond acceptors (Lipinski definition) is 2. The Labute approximate surface area is 115 Å². The molecule has 0 saturated heterocycles. The molecule has 1 aliphatic carbocycles. The topological polar surface area (TPSA) is 46.3 Å². The molecule has 1 unspecified atom stereocenters. The summed E-state index contributed by atoms with van der Waals surface area (Å²) in [5.74, 6) is 0.164. The van der Waals surface area contributed by atoms with Gasteiger partial charge in [-0.1, -0.05) is 30.3 Å². The maximum Gasteiger partial charge on any atom is 0.249 e. The Morgan fingerprint density at radius 1 is 1.21 bits per heavy atom. The SMILES string of the molecule is CCN(CC)C(=O)C1=C(C(N)c2ccccc2)CC1. The number of hydrogen-bond donors (Lipinski definition) is 1. The van der Waals surface area contributed by atoms with Gasteiger partial charge in [0.25, 0.3) is 0 Å². The summed E-state index contributed by atoms with van der Waals surface area (Å²) < 4.78 is 0. The Morgan fingerprint density at radius 2 is 1.84 bits per heavy atom. The zero-order valence-corrected chi connectivity index (χ0v) is 11.7. The zero-order chi connectivity index (χ0) is 13.8. The second-order valence-electron chi connectivity index (χ2n) is 4.87. The van der Waals surface area contributed by atoms with Gasteiger partial charge in [-0.25, -0.2) is 0 Å². The van der Waals surface area contributed by atoms with Crippen molar-refractivity contribution in [1.82, 2.24) is 4.90 Å². The van der Waals surface area contributed by atoms with Crippen molar-refractivity contribution in [1.29, 1.82) is 0 Å². The van der Waals surface area contributed by atoms with Gasteiger partial charge in [0.05, 0.1) is 6.04 Å². The predicted molar refractivity (Wildman–Crippen MR) is 77.6 cm³/mol. The molecule has 2 N–H and O–H groups in total. The first-order chi connectivity index (χ1) is 9.19. The molecule has 19 heavy (non-hydrogen) atoms. The Balaban J connectivity index is 2.21. The molecule has 0 heterocycles. The van der Waals surface area contributed by atoms with Crippen molar-refractivity contribution in [3.8, 4) is 0 Å². The zero-order valence-electron chi connectivity index (χ0n) is 11.7. The summed E-state index contributed by atoms with van der Waals surface area (Å²) in [4.78, 5) is 14.2. The first-order valence-corrected chi connectivity index (χ1v) is 7.00. The monoisotopic (exact) mass is 258 g/mol. The summed E-state index contributed by atoms with van der Waals surface area (Å²) in [6, 6.07) is 9.86. The lowest BCUT2D eigenvalue weighted by atomic mass is 9.80. The molecule has 0 fully saturated rings. The molecule has 0 radical (unpaired) electrons. The van der Waals surface area contributed by atoms with Gasteiger partial charge in [-0.05, 0) is 37.8 Å². The van der Waals surface area contributed by atoms with E-state index >= 15 is 0 Å². The highest BCUT2D eigenvalue weighted by atomic mass is 16.2. The molecule has 0 saturated carbocycles.